The third-order valence-corrected chi connectivity index (χ3v) is 6.04. The fourth-order valence-electron chi connectivity index (χ4n) is 3.85. The second kappa shape index (κ2) is 11.6. The zero-order valence-electron chi connectivity index (χ0n) is 16.3. The molecule has 2 aliphatic heterocycles. The molecule has 5 nitrogen and oxygen atoms in total. The summed E-state index contributed by atoms with van der Waals surface area (Å²) in [4.78, 5) is 19.5. The number of carbonyl (C=O) groups is 1. The van der Waals surface area contributed by atoms with E-state index < -0.39 is 0 Å². The minimum absolute atomic E-state index is 0. The molecule has 0 saturated carbocycles. The molecular formula is C18H38Cl2N4O. The lowest BCUT2D eigenvalue weighted by atomic mass is 9.98. The van der Waals surface area contributed by atoms with E-state index in [0.29, 0.717) is 0 Å². The van der Waals surface area contributed by atoms with Gasteiger partial charge in [-0.15, -0.1) is 24.8 Å². The minimum Gasteiger partial charge on any atom is -0.339 e. The van der Waals surface area contributed by atoms with Gasteiger partial charge in [0.2, 0.25) is 5.91 Å². The molecule has 0 aromatic rings. The molecule has 2 N–H and O–H groups in total. The summed E-state index contributed by atoms with van der Waals surface area (Å²) in [7, 11) is 0. The summed E-state index contributed by atoms with van der Waals surface area (Å²) < 4.78 is 0. The molecular weight excluding hydrogens is 359 g/mol. The van der Waals surface area contributed by atoms with E-state index in [-0.39, 0.29) is 42.7 Å². The number of hydrogen-bond acceptors (Lipinski definition) is 4. The molecule has 0 spiro atoms. The van der Waals surface area contributed by atoms with Crippen molar-refractivity contribution < 1.29 is 4.79 Å². The van der Waals surface area contributed by atoms with Gasteiger partial charge in [-0.2, -0.15) is 0 Å². The third kappa shape index (κ3) is 6.55. The molecule has 0 radical (unpaired) electrons. The van der Waals surface area contributed by atoms with Crippen molar-refractivity contribution in [3.05, 3.63) is 0 Å². The molecule has 2 fully saturated rings. The quantitative estimate of drug-likeness (QED) is 0.747. The molecule has 2 rings (SSSR count). The van der Waals surface area contributed by atoms with E-state index in [0.717, 1.165) is 57.8 Å². The number of nitrogens with two attached hydrogens (primary N) is 1. The van der Waals surface area contributed by atoms with Gasteiger partial charge in [0.25, 0.3) is 0 Å². The number of halogens is 2. The molecule has 1 amide bonds. The summed E-state index contributed by atoms with van der Waals surface area (Å²) in [5, 5.41) is 0. The first-order valence-corrected chi connectivity index (χ1v) is 9.46. The molecule has 0 aliphatic carbocycles. The second-order valence-electron chi connectivity index (χ2n) is 7.59. The standard InChI is InChI=1S/C18H36N4O.2ClH/c1-5-14(2)17(19)18(23)21-11-8-20(9-12-21)10-13-22-15(3)6-7-16(22)4;;/h14-17H,5-13,19H2,1-4H3;2*1H. The van der Waals surface area contributed by atoms with Crippen molar-refractivity contribution in [2.45, 2.75) is 65.1 Å². The Bertz CT molecular complexity index is 381. The van der Waals surface area contributed by atoms with Gasteiger partial charge in [-0.1, -0.05) is 20.3 Å². The van der Waals surface area contributed by atoms with Crippen LogP contribution in [0.3, 0.4) is 0 Å². The van der Waals surface area contributed by atoms with Crippen LogP contribution < -0.4 is 5.73 Å². The second-order valence-corrected chi connectivity index (χ2v) is 7.59. The molecule has 0 aromatic heterocycles. The minimum atomic E-state index is -0.335. The van der Waals surface area contributed by atoms with Gasteiger partial charge in [0.1, 0.15) is 0 Å². The fraction of sp³-hybridized carbons (Fsp3) is 0.944. The van der Waals surface area contributed by atoms with E-state index in [4.69, 9.17) is 5.73 Å². The van der Waals surface area contributed by atoms with Crippen LogP contribution >= 0.6 is 24.8 Å². The van der Waals surface area contributed by atoms with Crippen molar-refractivity contribution in [3.63, 3.8) is 0 Å². The number of carbonyl (C=O) groups excluding carboxylic acids is 1. The Morgan fingerprint density at radius 1 is 1.04 bits per heavy atom. The van der Waals surface area contributed by atoms with Gasteiger partial charge >= 0.3 is 0 Å². The molecule has 25 heavy (non-hydrogen) atoms. The predicted molar refractivity (Wildman–Crippen MR) is 110 cm³/mol. The molecule has 4 atom stereocenters. The monoisotopic (exact) mass is 396 g/mol. The van der Waals surface area contributed by atoms with Gasteiger partial charge in [-0.05, 0) is 32.6 Å². The van der Waals surface area contributed by atoms with Gasteiger partial charge < -0.3 is 10.6 Å². The summed E-state index contributed by atoms with van der Waals surface area (Å²) in [6, 6.07) is 1.11. The van der Waals surface area contributed by atoms with E-state index in [9.17, 15) is 4.79 Å². The summed E-state index contributed by atoms with van der Waals surface area (Å²) in [6.07, 6.45) is 3.62. The highest BCUT2D eigenvalue weighted by molar-refractivity contribution is 5.85. The molecule has 2 saturated heterocycles. The zero-order chi connectivity index (χ0) is 17.0. The average Bonchev–Trinajstić information content (AvgIpc) is 2.89. The highest BCUT2D eigenvalue weighted by atomic mass is 35.5. The van der Waals surface area contributed by atoms with Crippen molar-refractivity contribution in [1.82, 2.24) is 14.7 Å². The summed E-state index contributed by atoms with van der Waals surface area (Å²) in [5.74, 6) is 0.402. The van der Waals surface area contributed by atoms with Gasteiger partial charge in [0.05, 0.1) is 6.04 Å². The summed E-state index contributed by atoms with van der Waals surface area (Å²) in [5.41, 5.74) is 6.10. The Kier molecular flexibility index (Phi) is 11.6. The highest BCUT2D eigenvalue weighted by Crippen LogP contribution is 2.23. The fourth-order valence-corrected chi connectivity index (χ4v) is 3.85. The Morgan fingerprint density at radius 3 is 2.04 bits per heavy atom. The van der Waals surface area contributed by atoms with Crippen LogP contribution in [-0.4, -0.2) is 78.0 Å². The Hall–Kier alpha value is -0.0700. The van der Waals surface area contributed by atoms with Crippen LogP contribution in [0.5, 0.6) is 0 Å². The lowest BCUT2D eigenvalue weighted by Gasteiger charge is -2.38. The first kappa shape index (κ1) is 24.9. The van der Waals surface area contributed by atoms with Crippen molar-refractivity contribution >= 4 is 30.7 Å². The average molecular weight is 397 g/mol. The number of piperazine rings is 1. The van der Waals surface area contributed by atoms with Crippen molar-refractivity contribution in [3.8, 4) is 0 Å². The van der Waals surface area contributed by atoms with Crippen molar-refractivity contribution in [2.24, 2.45) is 11.7 Å². The van der Waals surface area contributed by atoms with E-state index in [1.807, 2.05) is 4.90 Å². The van der Waals surface area contributed by atoms with Crippen LogP contribution in [-0.2, 0) is 4.79 Å². The maximum Gasteiger partial charge on any atom is 0.239 e. The number of amides is 1. The van der Waals surface area contributed by atoms with Crippen molar-refractivity contribution in [1.29, 1.82) is 0 Å². The lowest BCUT2D eigenvalue weighted by molar-refractivity contribution is -0.135. The normalized spacial score (nSPS) is 27.3. The van der Waals surface area contributed by atoms with Crippen LogP contribution in [0.15, 0.2) is 0 Å². The molecule has 0 bridgehead atoms. The van der Waals surface area contributed by atoms with Gasteiger partial charge in [-0.25, -0.2) is 0 Å². The summed E-state index contributed by atoms with van der Waals surface area (Å²) in [6.45, 7) is 14.7. The largest absolute Gasteiger partial charge is 0.339 e. The van der Waals surface area contributed by atoms with Gasteiger partial charge in [0.15, 0.2) is 0 Å². The zero-order valence-corrected chi connectivity index (χ0v) is 18.0. The maximum absolute atomic E-state index is 12.4. The van der Waals surface area contributed by atoms with E-state index >= 15 is 0 Å². The molecule has 7 heteroatoms. The van der Waals surface area contributed by atoms with E-state index in [1.165, 1.54) is 12.8 Å². The molecule has 2 heterocycles. The van der Waals surface area contributed by atoms with Gasteiger partial charge in [-0.3, -0.25) is 14.6 Å². The number of rotatable bonds is 6. The third-order valence-electron chi connectivity index (χ3n) is 6.04. The number of hydrogen-bond donors (Lipinski definition) is 1. The van der Waals surface area contributed by atoms with E-state index in [2.05, 4.69) is 37.5 Å². The van der Waals surface area contributed by atoms with Crippen molar-refractivity contribution in [2.75, 3.05) is 39.3 Å². The SMILES string of the molecule is CCC(C)C(N)C(=O)N1CCN(CCN2C(C)CCC2C)CC1.Cl.Cl. The van der Waals surface area contributed by atoms with E-state index in [1.54, 1.807) is 0 Å². The van der Waals surface area contributed by atoms with Crippen LogP contribution in [0.4, 0.5) is 0 Å². The Labute approximate surface area is 166 Å². The number of nitrogens with zero attached hydrogens (tertiary/aromatic N) is 3. The first-order chi connectivity index (χ1) is 10.9. The highest BCUT2D eigenvalue weighted by Gasteiger charge is 2.30. The lowest BCUT2D eigenvalue weighted by Crippen LogP contribution is -2.55. The smallest absolute Gasteiger partial charge is 0.239 e. The number of likely N-dealkylation sites (tertiary alicyclic amines) is 1. The first-order valence-electron chi connectivity index (χ1n) is 9.46. The van der Waals surface area contributed by atoms with Crippen LogP contribution in [0.1, 0.15) is 47.0 Å². The van der Waals surface area contributed by atoms with Crippen LogP contribution in [0.2, 0.25) is 0 Å². The van der Waals surface area contributed by atoms with Gasteiger partial charge in [0, 0.05) is 51.4 Å². The topological polar surface area (TPSA) is 52.8 Å². The van der Waals surface area contributed by atoms with Crippen LogP contribution in [0, 0.1) is 5.92 Å². The Morgan fingerprint density at radius 2 is 1.56 bits per heavy atom. The maximum atomic E-state index is 12.4. The predicted octanol–water partition coefficient (Wildman–Crippen LogP) is 2.22. The molecule has 0 aromatic carbocycles. The van der Waals surface area contributed by atoms with Crippen LogP contribution in [0.25, 0.3) is 0 Å². The molecule has 150 valence electrons. The molecule has 4 unspecified atom stereocenters. The molecule has 2 aliphatic rings. The Balaban J connectivity index is 0.00000288. The summed E-state index contributed by atoms with van der Waals surface area (Å²) >= 11 is 0.